The van der Waals surface area contributed by atoms with Crippen LogP contribution in [-0.2, 0) is 4.79 Å². The van der Waals surface area contributed by atoms with Crippen LogP contribution in [-0.4, -0.2) is 36.4 Å². The standard InChI is InChI=1S/C11H22N2O/c1-11(2,3)10(14)8-13-6-4-9(12)5-7-13/h9H,4-8,12H2,1-3H3. The van der Waals surface area contributed by atoms with E-state index in [1.54, 1.807) is 0 Å². The summed E-state index contributed by atoms with van der Waals surface area (Å²) in [7, 11) is 0. The van der Waals surface area contributed by atoms with E-state index in [1.165, 1.54) is 0 Å². The van der Waals surface area contributed by atoms with E-state index in [0.29, 0.717) is 18.4 Å². The fourth-order valence-electron chi connectivity index (χ4n) is 1.55. The summed E-state index contributed by atoms with van der Waals surface area (Å²) in [6.45, 7) is 8.48. The van der Waals surface area contributed by atoms with Gasteiger partial charge in [-0.05, 0) is 12.8 Å². The Hall–Kier alpha value is -0.410. The molecule has 1 rings (SSSR count). The molecule has 3 heteroatoms. The summed E-state index contributed by atoms with van der Waals surface area (Å²) >= 11 is 0. The van der Waals surface area contributed by atoms with E-state index in [9.17, 15) is 4.79 Å². The predicted octanol–water partition coefficient (Wildman–Crippen LogP) is 1.02. The van der Waals surface area contributed by atoms with Gasteiger partial charge in [-0.25, -0.2) is 0 Å². The maximum absolute atomic E-state index is 11.7. The lowest BCUT2D eigenvalue weighted by Gasteiger charge is -2.31. The first-order valence-corrected chi connectivity index (χ1v) is 5.41. The first kappa shape index (κ1) is 11.7. The number of carbonyl (C=O) groups is 1. The molecule has 1 fully saturated rings. The minimum Gasteiger partial charge on any atom is -0.328 e. The van der Waals surface area contributed by atoms with Crippen LogP contribution >= 0.6 is 0 Å². The molecule has 0 atom stereocenters. The number of rotatable bonds is 2. The fourth-order valence-corrected chi connectivity index (χ4v) is 1.55. The van der Waals surface area contributed by atoms with E-state index in [-0.39, 0.29) is 5.41 Å². The average Bonchev–Trinajstić information content (AvgIpc) is 2.07. The Bertz CT molecular complexity index is 200. The quantitative estimate of drug-likeness (QED) is 0.720. The lowest BCUT2D eigenvalue weighted by atomic mass is 9.90. The second kappa shape index (κ2) is 4.41. The molecule has 0 saturated carbocycles. The van der Waals surface area contributed by atoms with Gasteiger partial charge in [0.15, 0.2) is 5.78 Å². The molecule has 82 valence electrons. The Morgan fingerprint density at radius 1 is 1.36 bits per heavy atom. The third-order valence-corrected chi connectivity index (χ3v) is 2.84. The minimum absolute atomic E-state index is 0.209. The predicted molar refractivity (Wildman–Crippen MR) is 58.1 cm³/mol. The normalized spacial score (nSPS) is 21.1. The third-order valence-electron chi connectivity index (χ3n) is 2.84. The second-order valence-corrected chi connectivity index (χ2v) is 5.29. The Kier molecular flexibility index (Phi) is 3.67. The first-order valence-electron chi connectivity index (χ1n) is 5.41. The number of likely N-dealkylation sites (tertiary alicyclic amines) is 1. The third kappa shape index (κ3) is 3.39. The first-order chi connectivity index (χ1) is 6.39. The summed E-state index contributed by atoms with van der Waals surface area (Å²) in [5, 5.41) is 0. The zero-order chi connectivity index (χ0) is 10.8. The molecule has 14 heavy (non-hydrogen) atoms. The van der Waals surface area contributed by atoms with Crippen LogP contribution < -0.4 is 5.73 Å². The molecule has 2 N–H and O–H groups in total. The lowest BCUT2D eigenvalue weighted by Crippen LogP contribution is -2.43. The molecule has 0 aromatic rings. The smallest absolute Gasteiger partial charge is 0.152 e. The van der Waals surface area contributed by atoms with Crippen LogP contribution in [0.25, 0.3) is 0 Å². The van der Waals surface area contributed by atoms with Crippen molar-refractivity contribution in [3.8, 4) is 0 Å². The molecule has 1 heterocycles. The van der Waals surface area contributed by atoms with E-state index in [4.69, 9.17) is 5.73 Å². The van der Waals surface area contributed by atoms with Crippen LogP contribution in [0.3, 0.4) is 0 Å². The highest BCUT2D eigenvalue weighted by Gasteiger charge is 2.25. The second-order valence-electron chi connectivity index (χ2n) is 5.29. The van der Waals surface area contributed by atoms with Gasteiger partial charge in [-0.3, -0.25) is 9.69 Å². The van der Waals surface area contributed by atoms with Gasteiger partial charge in [0.05, 0.1) is 6.54 Å². The zero-order valence-corrected chi connectivity index (χ0v) is 9.55. The van der Waals surface area contributed by atoms with E-state index in [1.807, 2.05) is 20.8 Å². The van der Waals surface area contributed by atoms with Gasteiger partial charge in [0, 0.05) is 24.5 Å². The molecule has 0 unspecified atom stereocenters. The lowest BCUT2D eigenvalue weighted by molar-refractivity contribution is -0.127. The summed E-state index contributed by atoms with van der Waals surface area (Å²) in [6, 6.07) is 0.344. The SMILES string of the molecule is CC(C)(C)C(=O)CN1CCC(N)CC1. The molecule has 0 bridgehead atoms. The molecular formula is C11H22N2O. The van der Waals surface area contributed by atoms with Crippen LogP contribution in [0.4, 0.5) is 0 Å². The molecular weight excluding hydrogens is 176 g/mol. The van der Waals surface area contributed by atoms with Crippen LogP contribution in [0.15, 0.2) is 0 Å². The van der Waals surface area contributed by atoms with Gasteiger partial charge in [-0.1, -0.05) is 20.8 Å². The Morgan fingerprint density at radius 3 is 2.29 bits per heavy atom. The van der Waals surface area contributed by atoms with Gasteiger partial charge >= 0.3 is 0 Å². The highest BCUT2D eigenvalue weighted by atomic mass is 16.1. The van der Waals surface area contributed by atoms with E-state index >= 15 is 0 Å². The number of nitrogens with two attached hydrogens (primary N) is 1. The molecule has 0 spiro atoms. The number of nitrogens with zero attached hydrogens (tertiary/aromatic N) is 1. The number of piperidine rings is 1. The topological polar surface area (TPSA) is 46.3 Å². The summed E-state index contributed by atoms with van der Waals surface area (Å²) in [6.07, 6.45) is 2.05. The number of carbonyl (C=O) groups excluding carboxylic acids is 1. The largest absolute Gasteiger partial charge is 0.328 e. The van der Waals surface area contributed by atoms with Crippen molar-refractivity contribution < 1.29 is 4.79 Å². The highest BCUT2D eigenvalue weighted by Crippen LogP contribution is 2.16. The van der Waals surface area contributed by atoms with Gasteiger partial charge in [-0.2, -0.15) is 0 Å². The summed E-state index contributed by atoms with van der Waals surface area (Å²) < 4.78 is 0. The van der Waals surface area contributed by atoms with Gasteiger partial charge < -0.3 is 5.73 Å². The van der Waals surface area contributed by atoms with E-state index in [2.05, 4.69) is 4.90 Å². The summed E-state index contributed by atoms with van der Waals surface area (Å²) in [5.74, 6) is 0.327. The molecule has 1 aliphatic heterocycles. The molecule has 1 saturated heterocycles. The Labute approximate surface area is 86.6 Å². The number of hydrogen-bond donors (Lipinski definition) is 1. The zero-order valence-electron chi connectivity index (χ0n) is 9.55. The van der Waals surface area contributed by atoms with Crippen LogP contribution in [0, 0.1) is 5.41 Å². The van der Waals surface area contributed by atoms with Gasteiger partial charge in [0.1, 0.15) is 0 Å². The fraction of sp³-hybridized carbons (Fsp3) is 0.909. The number of Topliss-reactive ketones (excluding diaryl/α,β-unsaturated/α-hetero) is 1. The van der Waals surface area contributed by atoms with Crippen LogP contribution in [0.5, 0.6) is 0 Å². The highest BCUT2D eigenvalue weighted by molar-refractivity contribution is 5.85. The van der Waals surface area contributed by atoms with Crippen molar-refractivity contribution in [2.75, 3.05) is 19.6 Å². The minimum atomic E-state index is -0.209. The number of hydrogen-bond acceptors (Lipinski definition) is 3. The molecule has 1 aliphatic rings. The average molecular weight is 198 g/mol. The van der Waals surface area contributed by atoms with Crippen LogP contribution in [0.2, 0.25) is 0 Å². The van der Waals surface area contributed by atoms with Gasteiger partial charge in [0.2, 0.25) is 0 Å². The van der Waals surface area contributed by atoms with E-state index in [0.717, 1.165) is 25.9 Å². The molecule has 0 amide bonds. The van der Waals surface area contributed by atoms with Gasteiger partial charge in [-0.15, -0.1) is 0 Å². The summed E-state index contributed by atoms with van der Waals surface area (Å²) in [4.78, 5) is 14.0. The van der Waals surface area contributed by atoms with Crippen molar-refractivity contribution in [1.29, 1.82) is 0 Å². The van der Waals surface area contributed by atoms with Crippen molar-refractivity contribution >= 4 is 5.78 Å². The number of ketones is 1. The molecule has 3 nitrogen and oxygen atoms in total. The van der Waals surface area contributed by atoms with Crippen molar-refractivity contribution in [3.05, 3.63) is 0 Å². The Morgan fingerprint density at radius 2 is 1.86 bits per heavy atom. The van der Waals surface area contributed by atoms with Crippen molar-refractivity contribution in [3.63, 3.8) is 0 Å². The maximum Gasteiger partial charge on any atom is 0.152 e. The monoisotopic (exact) mass is 198 g/mol. The van der Waals surface area contributed by atoms with E-state index < -0.39 is 0 Å². The molecule has 0 aromatic heterocycles. The maximum atomic E-state index is 11.7. The summed E-state index contributed by atoms with van der Waals surface area (Å²) in [5.41, 5.74) is 5.59. The molecule has 0 aliphatic carbocycles. The van der Waals surface area contributed by atoms with Crippen molar-refractivity contribution in [1.82, 2.24) is 4.90 Å². The van der Waals surface area contributed by atoms with Crippen molar-refractivity contribution in [2.24, 2.45) is 11.1 Å². The van der Waals surface area contributed by atoms with Gasteiger partial charge in [0.25, 0.3) is 0 Å². The Balaban J connectivity index is 2.35. The van der Waals surface area contributed by atoms with Crippen LogP contribution in [0.1, 0.15) is 33.6 Å². The molecule has 0 aromatic carbocycles. The van der Waals surface area contributed by atoms with Crippen molar-refractivity contribution in [2.45, 2.75) is 39.7 Å². The molecule has 0 radical (unpaired) electrons.